The molecule has 1 N–H and O–H groups in total. The van der Waals surface area contributed by atoms with Gasteiger partial charge in [0.15, 0.2) is 6.10 Å². The molecule has 0 fully saturated rings. The summed E-state index contributed by atoms with van der Waals surface area (Å²) in [6.45, 7) is 5.53. The van der Waals surface area contributed by atoms with Gasteiger partial charge >= 0.3 is 5.97 Å². The average Bonchev–Trinajstić information content (AvgIpc) is 2.42. The third-order valence-corrected chi connectivity index (χ3v) is 1.49. The number of aliphatic hydroxyl groups excluding tert-OH is 1. The number of hydrogen-bond donors (Lipinski definition) is 1. The maximum Gasteiger partial charge on any atom is 0.335 e. The van der Waals surface area contributed by atoms with Crippen molar-refractivity contribution >= 4 is 5.97 Å². The van der Waals surface area contributed by atoms with Crippen molar-refractivity contribution < 1.29 is 19.4 Å². The Morgan fingerprint density at radius 2 is 2.54 bits per heavy atom. The van der Waals surface area contributed by atoms with Crippen LogP contribution in [0.3, 0.4) is 0 Å². The first-order valence-electron chi connectivity index (χ1n) is 3.93. The first-order chi connectivity index (χ1) is 6.13. The van der Waals surface area contributed by atoms with Crippen LogP contribution in [0.2, 0.25) is 0 Å². The van der Waals surface area contributed by atoms with Crippen molar-refractivity contribution in [2.75, 3.05) is 13.2 Å². The predicted octanol–water partition coefficient (Wildman–Crippen LogP) is 0.381. The molecule has 0 bridgehead atoms. The maximum atomic E-state index is 10.8. The summed E-state index contributed by atoms with van der Waals surface area (Å²) in [5.41, 5.74) is 0.844. The monoisotopic (exact) mass is 184 g/mol. The van der Waals surface area contributed by atoms with Gasteiger partial charge in [-0.3, -0.25) is 0 Å². The molecule has 0 aliphatic carbocycles. The summed E-state index contributed by atoms with van der Waals surface area (Å²) >= 11 is 0. The highest BCUT2D eigenvalue weighted by Crippen LogP contribution is 2.16. The lowest BCUT2D eigenvalue weighted by Crippen LogP contribution is -2.18. The highest BCUT2D eigenvalue weighted by Gasteiger charge is 2.26. The minimum absolute atomic E-state index is 0.256. The van der Waals surface area contributed by atoms with Crippen LogP contribution >= 0.6 is 0 Å². The van der Waals surface area contributed by atoms with Crippen LogP contribution in [0.4, 0.5) is 0 Å². The van der Waals surface area contributed by atoms with Gasteiger partial charge in [-0.15, -0.1) is 0 Å². The molecule has 0 saturated heterocycles. The Balaban J connectivity index is 2.51. The number of carbonyl (C=O) groups excluding carboxylic acids is 1. The lowest BCUT2D eigenvalue weighted by atomic mass is 10.3. The van der Waals surface area contributed by atoms with E-state index >= 15 is 0 Å². The van der Waals surface area contributed by atoms with Crippen LogP contribution in [-0.4, -0.2) is 30.4 Å². The van der Waals surface area contributed by atoms with E-state index in [4.69, 9.17) is 14.6 Å². The lowest BCUT2D eigenvalue weighted by Gasteiger charge is -2.12. The van der Waals surface area contributed by atoms with Crippen LogP contribution in [0.15, 0.2) is 24.0 Å². The van der Waals surface area contributed by atoms with Gasteiger partial charge in [0.05, 0.1) is 12.7 Å². The second kappa shape index (κ2) is 4.09. The topological polar surface area (TPSA) is 55.8 Å². The Hall–Kier alpha value is -1.29. The van der Waals surface area contributed by atoms with Crippen LogP contribution in [0.5, 0.6) is 0 Å². The molecule has 0 aromatic heterocycles. The van der Waals surface area contributed by atoms with Gasteiger partial charge < -0.3 is 14.6 Å². The Morgan fingerprint density at radius 3 is 3.08 bits per heavy atom. The molecule has 0 aromatic carbocycles. The highest BCUT2D eigenvalue weighted by atomic mass is 16.6. The van der Waals surface area contributed by atoms with E-state index in [9.17, 15) is 4.79 Å². The zero-order valence-electron chi connectivity index (χ0n) is 7.45. The Labute approximate surface area is 76.5 Å². The summed E-state index contributed by atoms with van der Waals surface area (Å²) in [5, 5.41) is 8.80. The average molecular weight is 184 g/mol. The summed E-state index contributed by atoms with van der Waals surface area (Å²) in [7, 11) is 0. The molecule has 0 spiro atoms. The zero-order valence-corrected chi connectivity index (χ0v) is 7.45. The minimum atomic E-state index is -0.646. The fourth-order valence-electron chi connectivity index (χ4n) is 0.910. The Morgan fingerprint density at radius 1 is 1.85 bits per heavy atom. The van der Waals surface area contributed by atoms with Crippen LogP contribution in [0.25, 0.3) is 0 Å². The van der Waals surface area contributed by atoms with Gasteiger partial charge in [0.2, 0.25) is 0 Å². The van der Waals surface area contributed by atoms with E-state index in [1.54, 1.807) is 0 Å². The molecule has 1 unspecified atom stereocenters. The summed E-state index contributed by atoms with van der Waals surface area (Å²) < 4.78 is 9.91. The van der Waals surface area contributed by atoms with Crippen molar-refractivity contribution in [2.45, 2.75) is 13.0 Å². The largest absolute Gasteiger partial charge is 0.489 e. The number of rotatable bonds is 4. The molecule has 4 heteroatoms. The molecule has 1 heterocycles. The van der Waals surface area contributed by atoms with Gasteiger partial charge in [-0.25, -0.2) is 4.79 Å². The standard InChI is InChI=1S/C9H12O4/c1-6(2)5-12-7-3-9(11)13-8(7)4-10/h3,8,10H,1,4-5H2,2H3. The van der Waals surface area contributed by atoms with Gasteiger partial charge in [0, 0.05) is 0 Å². The number of cyclic esters (lactones) is 1. The fraction of sp³-hybridized carbons (Fsp3) is 0.444. The van der Waals surface area contributed by atoms with E-state index in [0.717, 1.165) is 5.57 Å². The molecule has 13 heavy (non-hydrogen) atoms. The van der Waals surface area contributed by atoms with Crippen molar-refractivity contribution in [2.24, 2.45) is 0 Å². The first-order valence-corrected chi connectivity index (χ1v) is 3.93. The number of aliphatic hydroxyl groups is 1. The SMILES string of the molecule is C=C(C)COC1=CC(=O)OC1CO. The number of esters is 1. The lowest BCUT2D eigenvalue weighted by molar-refractivity contribution is -0.140. The third-order valence-electron chi connectivity index (χ3n) is 1.49. The predicted molar refractivity (Wildman–Crippen MR) is 45.8 cm³/mol. The summed E-state index contributed by atoms with van der Waals surface area (Å²) in [4.78, 5) is 10.8. The van der Waals surface area contributed by atoms with Crippen molar-refractivity contribution in [1.29, 1.82) is 0 Å². The third kappa shape index (κ3) is 2.59. The van der Waals surface area contributed by atoms with Crippen LogP contribution in [0, 0.1) is 0 Å². The van der Waals surface area contributed by atoms with Crippen LogP contribution in [-0.2, 0) is 14.3 Å². The second-order valence-electron chi connectivity index (χ2n) is 2.90. The molecule has 4 nitrogen and oxygen atoms in total. The van der Waals surface area contributed by atoms with Crippen LogP contribution in [0.1, 0.15) is 6.92 Å². The van der Waals surface area contributed by atoms with Gasteiger partial charge in [0.25, 0.3) is 0 Å². The highest BCUT2D eigenvalue weighted by molar-refractivity contribution is 5.85. The molecule has 0 amide bonds. The minimum Gasteiger partial charge on any atom is -0.489 e. The van der Waals surface area contributed by atoms with Gasteiger partial charge in [-0.1, -0.05) is 6.58 Å². The van der Waals surface area contributed by atoms with Crippen molar-refractivity contribution in [3.63, 3.8) is 0 Å². The van der Waals surface area contributed by atoms with E-state index in [0.29, 0.717) is 12.4 Å². The van der Waals surface area contributed by atoms with E-state index in [1.165, 1.54) is 6.08 Å². The molecule has 1 aliphatic heterocycles. The molecular formula is C9H12O4. The molecule has 1 aliphatic rings. The first kappa shape index (κ1) is 9.80. The molecule has 0 aromatic rings. The fourth-order valence-corrected chi connectivity index (χ4v) is 0.910. The molecular weight excluding hydrogens is 172 g/mol. The number of ether oxygens (including phenoxy) is 2. The summed E-state index contributed by atoms with van der Waals surface area (Å²) in [6, 6.07) is 0. The maximum absolute atomic E-state index is 10.8. The zero-order chi connectivity index (χ0) is 9.84. The van der Waals surface area contributed by atoms with E-state index < -0.39 is 12.1 Å². The quantitative estimate of drug-likeness (QED) is 0.507. The molecule has 1 atom stereocenters. The number of carbonyl (C=O) groups is 1. The normalized spacial score (nSPS) is 20.9. The summed E-state index contributed by atoms with van der Waals surface area (Å²) in [6.07, 6.45) is 0.593. The number of hydrogen-bond acceptors (Lipinski definition) is 4. The smallest absolute Gasteiger partial charge is 0.335 e. The van der Waals surface area contributed by atoms with Crippen molar-refractivity contribution in [3.8, 4) is 0 Å². The summed E-state index contributed by atoms with van der Waals surface area (Å²) in [5.74, 6) is -0.105. The molecule has 0 saturated carbocycles. The van der Waals surface area contributed by atoms with Crippen molar-refractivity contribution in [1.82, 2.24) is 0 Å². The van der Waals surface area contributed by atoms with Crippen LogP contribution < -0.4 is 0 Å². The van der Waals surface area contributed by atoms with Gasteiger partial charge in [0.1, 0.15) is 12.4 Å². The molecule has 1 rings (SSSR count). The van der Waals surface area contributed by atoms with Gasteiger partial charge in [-0.2, -0.15) is 0 Å². The van der Waals surface area contributed by atoms with E-state index in [1.807, 2.05) is 6.92 Å². The van der Waals surface area contributed by atoms with Gasteiger partial charge in [-0.05, 0) is 12.5 Å². The Bertz CT molecular complexity index is 254. The van der Waals surface area contributed by atoms with E-state index in [-0.39, 0.29) is 6.61 Å². The molecule has 72 valence electrons. The second-order valence-corrected chi connectivity index (χ2v) is 2.90. The van der Waals surface area contributed by atoms with E-state index in [2.05, 4.69) is 6.58 Å². The molecule has 0 radical (unpaired) electrons. The van der Waals surface area contributed by atoms with Crippen molar-refractivity contribution in [3.05, 3.63) is 24.0 Å². The Kier molecular flexibility index (Phi) is 3.08.